The minimum Gasteiger partial charge on any atom is -0.484 e. The lowest BCUT2D eigenvalue weighted by Gasteiger charge is -2.32. The van der Waals surface area contributed by atoms with Crippen molar-refractivity contribution in [2.75, 3.05) is 13.2 Å². The Hall–Kier alpha value is -2.54. The van der Waals surface area contributed by atoms with E-state index in [0.717, 1.165) is 10.0 Å². The molecule has 5 nitrogen and oxygen atoms in total. The van der Waals surface area contributed by atoms with E-state index in [9.17, 15) is 9.59 Å². The van der Waals surface area contributed by atoms with E-state index in [-0.39, 0.29) is 25.0 Å². The molecule has 0 aliphatic rings. The lowest BCUT2D eigenvalue weighted by Crippen LogP contribution is -2.51. The first-order chi connectivity index (χ1) is 16.4. The van der Waals surface area contributed by atoms with E-state index in [1.54, 1.807) is 30.3 Å². The summed E-state index contributed by atoms with van der Waals surface area (Å²) in [5.74, 6) is -0.0671. The average molecular weight is 564 g/mol. The summed E-state index contributed by atoms with van der Waals surface area (Å²) in [6, 6.07) is 21.1. The monoisotopic (exact) mass is 562 g/mol. The van der Waals surface area contributed by atoms with Crippen LogP contribution in [0.4, 0.5) is 0 Å². The highest BCUT2D eigenvalue weighted by Crippen LogP contribution is 2.27. The molecule has 3 aromatic rings. The maximum Gasteiger partial charge on any atom is 0.261 e. The van der Waals surface area contributed by atoms with Gasteiger partial charge in [0.05, 0.1) is 0 Å². The van der Waals surface area contributed by atoms with E-state index in [4.69, 9.17) is 27.9 Å². The SMILES string of the molecule is CCNC(=O)[C@@H](Cc1ccccc1)N(Cc1c(Cl)cccc1Cl)C(=O)COc1ccc(Br)cc1. The summed E-state index contributed by atoms with van der Waals surface area (Å²) in [5, 5.41) is 3.70. The zero-order chi connectivity index (χ0) is 24.5. The molecule has 0 bridgehead atoms. The van der Waals surface area contributed by atoms with Crippen molar-refractivity contribution >= 4 is 50.9 Å². The molecule has 1 atom stereocenters. The molecule has 1 N–H and O–H groups in total. The number of nitrogens with one attached hydrogen (secondary N) is 1. The number of rotatable bonds is 10. The molecule has 0 aliphatic heterocycles. The highest BCUT2D eigenvalue weighted by molar-refractivity contribution is 9.10. The van der Waals surface area contributed by atoms with Gasteiger partial charge in [0.15, 0.2) is 6.61 Å². The topological polar surface area (TPSA) is 58.6 Å². The van der Waals surface area contributed by atoms with Crippen LogP contribution < -0.4 is 10.1 Å². The van der Waals surface area contributed by atoms with E-state index >= 15 is 0 Å². The Morgan fingerprint density at radius 2 is 1.62 bits per heavy atom. The van der Waals surface area contributed by atoms with Crippen molar-refractivity contribution in [1.29, 1.82) is 0 Å². The average Bonchev–Trinajstić information content (AvgIpc) is 2.83. The quantitative estimate of drug-likeness (QED) is 0.333. The molecule has 3 rings (SSSR count). The Bertz CT molecular complexity index is 1090. The predicted molar refractivity (Wildman–Crippen MR) is 139 cm³/mol. The second-order valence-electron chi connectivity index (χ2n) is 7.56. The van der Waals surface area contributed by atoms with Crippen LogP contribution in [0.25, 0.3) is 0 Å². The van der Waals surface area contributed by atoms with Gasteiger partial charge in [-0.2, -0.15) is 0 Å². The number of halogens is 3. The summed E-state index contributed by atoms with van der Waals surface area (Å²) in [5.41, 5.74) is 1.50. The lowest BCUT2D eigenvalue weighted by atomic mass is 10.0. The number of benzene rings is 3. The molecule has 178 valence electrons. The fraction of sp³-hybridized carbons (Fsp3) is 0.231. The molecule has 0 aliphatic carbocycles. The fourth-order valence-electron chi connectivity index (χ4n) is 3.46. The van der Waals surface area contributed by atoms with Crippen LogP contribution in [-0.4, -0.2) is 35.9 Å². The summed E-state index contributed by atoms with van der Waals surface area (Å²) in [6.07, 6.45) is 0.332. The first-order valence-electron chi connectivity index (χ1n) is 10.8. The molecule has 34 heavy (non-hydrogen) atoms. The van der Waals surface area contributed by atoms with Crippen molar-refractivity contribution < 1.29 is 14.3 Å². The minimum absolute atomic E-state index is 0.0652. The smallest absolute Gasteiger partial charge is 0.261 e. The molecule has 0 aromatic heterocycles. The highest BCUT2D eigenvalue weighted by Gasteiger charge is 2.31. The summed E-state index contributed by atoms with van der Waals surface area (Å²) in [7, 11) is 0. The van der Waals surface area contributed by atoms with Crippen LogP contribution in [0.5, 0.6) is 5.75 Å². The van der Waals surface area contributed by atoms with Crippen LogP contribution in [0.2, 0.25) is 10.0 Å². The van der Waals surface area contributed by atoms with Crippen LogP contribution in [-0.2, 0) is 22.6 Å². The van der Waals surface area contributed by atoms with Crippen LogP contribution >= 0.6 is 39.1 Å². The van der Waals surface area contributed by atoms with Gasteiger partial charge in [-0.25, -0.2) is 0 Å². The molecule has 0 unspecified atom stereocenters. The van der Waals surface area contributed by atoms with Crippen molar-refractivity contribution in [1.82, 2.24) is 10.2 Å². The Morgan fingerprint density at radius 3 is 2.24 bits per heavy atom. The Balaban J connectivity index is 1.93. The molecular formula is C26H25BrCl2N2O3. The molecule has 3 aromatic carbocycles. The summed E-state index contributed by atoms with van der Waals surface area (Å²) in [4.78, 5) is 28.1. The molecule has 0 radical (unpaired) electrons. The van der Waals surface area contributed by atoms with Crippen molar-refractivity contribution in [3.8, 4) is 5.75 Å². The van der Waals surface area contributed by atoms with Crippen molar-refractivity contribution in [2.45, 2.75) is 25.9 Å². The van der Waals surface area contributed by atoms with Gasteiger partial charge in [-0.3, -0.25) is 9.59 Å². The Labute approximate surface area is 218 Å². The van der Waals surface area contributed by atoms with Gasteiger partial charge in [-0.05, 0) is 48.9 Å². The molecular weight excluding hydrogens is 539 g/mol. The van der Waals surface area contributed by atoms with Gasteiger partial charge in [-0.15, -0.1) is 0 Å². The van der Waals surface area contributed by atoms with Gasteiger partial charge in [0.2, 0.25) is 5.91 Å². The third-order valence-electron chi connectivity index (χ3n) is 5.19. The van der Waals surface area contributed by atoms with Crippen molar-refractivity contribution in [2.24, 2.45) is 0 Å². The van der Waals surface area contributed by atoms with Gasteiger partial charge in [0.1, 0.15) is 11.8 Å². The van der Waals surface area contributed by atoms with Crippen molar-refractivity contribution in [3.63, 3.8) is 0 Å². The fourth-order valence-corrected chi connectivity index (χ4v) is 4.24. The van der Waals surface area contributed by atoms with Crippen LogP contribution in [0.15, 0.2) is 77.3 Å². The molecule has 0 heterocycles. The van der Waals surface area contributed by atoms with Gasteiger partial charge < -0.3 is 15.0 Å². The number of ether oxygens (including phenoxy) is 1. The maximum atomic E-state index is 13.5. The van der Waals surface area contributed by atoms with E-state index in [2.05, 4.69) is 21.2 Å². The number of nitrogens with zero attached hydrogens (tertiary/aromatic N) is 1. The molecule has 2 amide bonds. The number of amides is 2. The van der Waals surface area contributed by atoms with Crippen LogP contribution in [0, 0.1) is 0 Å². The number of likely N-dealkylation sites (N-methyl/N-ethyl adjacent to an activating group) is 1. The minimum atomic E-state index is -0.782. The zero-order valence-corrected chi connectivity index (χ0v) is 21.7. The normalized spacial score (nSPS) is 11.5. The third-order valence-corrected chi connectivity index (χ3v) is 6.43. The van der Waals surface area contributed by atoms with Gasteiger partial charge in [0.25, 0.3) is 5.91 Å². The largest absolute Gasteiger partial charge is 0.484 e. The van der Waals surface area contributed by atoms with E-state index in [1.165, 1.54) is 4.90 Å². The first-order valence-corrected chi connectivity index (χ1v) is 12.4. The summed E-state index contributed by atoms with van der Waals surface area (Å²) < 4.78 is 6.64. The van der Waals surface area contributed by atoms with E-state index in [1.807, 2.05) is 49.4 Å². The number of hydrogen-bond acceptors (Lipinski definition) is 3. The summed E-state index contributed by atoms with van der Waals surface area (Å²) >= 11 is 16.2. The number of carbonyl (C=O) groups excluding carboxylic acids is 2. The number of carbonyl (C=O) groups is 2. The van der Waals surface area contributed by atoms with Crippen LogP contribution in [0.1, 0.15) is 18.1 Å². The molecule has 8 heteroatoms. The van der Waals surface area contributed by atoms with Crippen molar-refractivity contribution in [3.05, 3.63) is 98.4 Å². The highest BCUT2D eigenvalue weighted by atomic mass is 79.9. The Morgan fingerprint density at radius 1 is 0.971 bits per heavy atom. The number of hydrogen-bond donors (Lipinski definition) is 1. The molecule has 0 fully saturated rings. The van der Waals surface area contributed by atoms with Gasteiger partial charge in [-0.1, -0.05) is 75.5 Å². The molecule has 0 saturated carbocycles. The zero-order valence-electron chi connectivity index (χ0n) is 18.6. The summed E-state index contributed by atoms with van der Waals surface area (Å²) in [6.45, 7) is 2.10. The Kier molecular flexibility index (Phi) is 9.81. The second-order valence-corrected chi connectivity index (χ2v) is 9.29. The van der Waals surface area contributed by atoms with Crippen LogP contribution in [0.3, 0.4) is 0 Å². The maximum absolute atomic E-state index is 13.5. The standard InChI is InChI=1S/C26H25BrCl2N2O3/c1-2-30-26(33)24(15-18-7-4-3-5-8-18)31(16-21-22(28)9-6-10-23(21)29)25(32)17-34-20-13-11-19(27)12-14-20/h3-14,24H,2,15-17H2,1H3,(H,30,33)/t24-/m1/s1. The van der Waals surface area contributed by atoms with Gasteiger partial charge in [0, 0.05) is 39.6 Å². The third kappa shape index (κ3) is 7.23. The lowest BCUT2D eigenvalue weighted by molar-refractivity contribution is -0.142. The molecule has 0 spiro atoms. The second kappa shape index (κ2) is 12.8. The predicted octanol–water partition coefficient (Wildman–Crippen LogP) is 5.91. The van der Waals surface area contributed by atoms with E-state index < -0.39 is 6.04 Å². The molecule has 0 saturated heterocycles. The van der Waals surface area contributed by atoms with Gasteiger partial charge >= 0.3 is 0 Å². The first kappa shape index (κ1) is 26.1. The van der Waals surface area contributed by atoms with E-state index in [0.29, 0.717) is 34.3 Å².